The van der Waals surface area contributed by atoms with Crippen molar-refractivity contribution in [3.63, 3.8) is 0 Å². The lowest BCUT2D eigenvalue weighted by molar-refractivity contribution is -0.424. The largest absolute Gasteiger partial charge is 0.490 e. The number of nitrogens with one attached hydrogen (secondary N) is 1. The highest BCUT2D eigenvalue weighted by atomic mass is 16.6. The molecule has 0 saturated carbocycles. The van der Waals surface area contributed by atoms with Crippen LogP contribution in [-0.4, -0.2) is 24.5 Å². The van der Waals surface area contributed by atoms with Gasteiger partial charge in [0.05, 0.1) is 12.0 Å². The summed E-state index contributed by atoms with van der Waals surface area (Å²) in [5.41, 5.74) is 0.826. The molecule has 1 amide bonds. The van der Waals surface area contributed by atoms with Gasteiger partial charge in [-0.3, -0.25) is 14.9 Å². The molecule has 0 saturated heterocycles. The Hall–Kier alpha value is -2.11. The molecule has 6 nitrogen and oxygen atoms in total. The van der Waals surface area contributed by atoms with E-state index < -0.39 is 4.92 Å². The summed E-state index contributed by atoms with van der Waals surface area (Å²) in [6.07, 6.45) is 7.64. The van der Waals surface area contributed by atoms with Crippen LogP contribution in [0.25, 0.3) is 0 Å². The highest BCUT2D eigenvalue weighted by Crippen LogP contribution is 2.18. The molecule has 0 aromatic carbocycles. The second kappa shape index (κ2) is 8.14. The summed E-state index contributed by atoms with van der Waals surface area (Å²) in [4.78, 5) is 22.3. The minimum atomic E-state index is -0.462. The molecular weight excluding hydrogens is 260 g/mol. The second-order valence-corrected chi connectivity index (χ2v) is 4.47. The maximum Gasteiger partial charge on any atom is 0.307 e. The standard InChI is InChI=1S/C14H20N2O4/c1-3-4-5-11-6-7-12(16(18)19)13(20-2)8-9-15-14(17)10-11/h7-8,10H,3-6,9H2,1-2H3,(H,15,17)/b11-10-,12-7+,13-8+. The second-order valence-electron chi connectivity index (χ2n) is 4.47. The van der Waals surface area contributed by atoms with E-state index in [1.54, 1.807) is 0 Å². The Kier molecular flexibility index (Phi) is 6.49. The van der Waals surface area contributed by atoms with E-state index in [-0.39, 0.29) is 23.9 Å². The van der Waals surface area contributed by atoms with Crippen LogP contribution in [0.1, 0.15) is 32.6 Å². The summed E-state index contributed by atoms with van der Waals surface area (Å²) in [7, 11) is 1.38. The first kappa shape index (κ1) is 15.9. The third-order valence-corrected chi connectivity index (χ3v) is 2.98. The summed E-state index contributed by atoms with van der Waals surface area (Å²) in [5, 5.41) is 13.7. The van der Waals surface area contributed by atoms with E-state index >= 15 is 0 Å². The average Bonchev–Trinajstić information content (AvgIpc) is 2.42. The van der Waals surface area contributed by atoms with Crippen LogP contribution in [0.5, 0.6) is 0 Å². The van der Waals surface area contributed by atoms with Gasteiger partial charge in [0.15, 0.2) is 5.76 Å². The van der Waals surface area contributed by atoms with Gasteiger partial charge in [-0.1, -0.05) is 18.9 Å². The van der Waals surface area contributed by atoms with Gasteiger partial charge in [-0.2, -0.15) is 0 Å². The molecule has 0 aliphatic carbocycles. The first-order chi connectivity index (χ1) is 9.58. The van der Waals surface area contributed by atoms with Crippen LogP contribution >= 0.6 is 0 Å². The number of carbonyl (C=O) groups is 1. The first-order valence-electron chi connectivity index (χ1n) is 6.64. The van der Waals surface area contributed by atoms with Crippen molar-refractivity contribution in [3.8, 4) is 0 Å². The first-order valence-corrected chi connectivity index (χ1v) is 6.64. The highest BCUT2D eigenvalue weighted by molar-refractivity contribution is 5.88. The molecule has 1 aliphatic heterocycles. The summed E-state index contributed by atoms with van der Waals surface area (Å²) in [6.45, 7) is 2.26. The minimum Gasteiger partial charge on any atom is -0.490 e. The smallest absolute Gasteiger partial charge is 0.307 e. The van der Waals surface area contributed by atoms with Gasteiger partial charge in [0.2, 0.25) is 5.91 Å². The summed E-state index contributed by atoms with van der Waals surface area (Å²) < 4.78 is 5.03. The quantitative estimate of drug-likeness (QED) is 0.619. The summed E-state index contributed by atoms with van der Waals surface area (Å²) >= 11 is 0. The van der Waals surface area contributed by atoms with E-state index in [2.05, 4.69) is 12.2 Å². The van der Waals surface area contributed by atoms with Crippen LogP contribution in [0.4, 0.5) is 0 Å². The third kappa shape index (κ3) is 4.87. The zero-order valence-electron chi connectivity index (χ0n) is 11.8. The van der Waals surface area contributed by atoms with Crippen molar-refractivity contribution >= 4 is 5.91 Å². The molecular formula is C14H20N2O4. The van der Waals surface area contributed by atoms with Gasteiger partial charge in [-0.15, -0.1) is 0 Å². The molecule has 0 fully saturated rings. The fourth-order valence-electron chi connectivity index (χ4n) is 1.90. The van der Waals surface area contributed by atoms with Crippen molar-refractivity contribution in [1.29, 1.82) is 0 Å². The van der Waals surface area contributed by atoms with Gasteiger partial charge in [0.1, 0.15) is 0 Å². The Balaban J connectivity index is 3.04. The fraction of sp³-hybridized carbons (Fsp3) is 0.500. The minimum absolute atomic E-state index is 0.0638. The van der Waals surface area contributed by atoms with E-state index in [9.17, 15) is 14.9 Å². The van der Waals surface area contributed by atoms with Crippen molar-refractivity contribution in [1.82, 2.24) is 5.32 Å². The molecule has 1 heterocycles. The van der Waals surface area contributed by atoms with E-state index in [1.807, 2.05) is 0 Å². The Morgan fingerprint density at radius 2 is 2.20 bits per heavy atom. The molecule has 0 atom stereocenters. The molecule has 1 N–H and O–H groups in total. The number of ether oxygens (including phenoxy) is 1. The van der Waals surface area contributed by atoms with Gasteiger partial charge in [0, 0.05) is 18.7 Å². The van der Waals surface area contributed by atoms with Crippen LogP contribution < -0.4 is 5.32 Å². The predicted molar refractivity (Wildman–Crippen MR) is 75.4 cm³/mol. The summed E-state index contributed by atoms with van der Waals surface area (Å²) in [6, 6.07) is 0. The average molecular weight is 280 g/mol. The van der Waals surface area contributed by atoms with Crippen LogP contribution in [0.3, 0.4) is 0 Å². The maximum absolute atomic E-state index is 11.7. The van der Waals surface area contributed by atoms with Gasteiger partial charge < -0.3 is 10.1 Å². The number of carbonyl (C=O) groups excluding carboxylic acids is 1. The Labute approximate surface area is 118 Å². The number of nitro groups is 1. The molecule has 0 radical (unpaired) electrons. The number of unbranched alkanes of at least 4 members (excludes halogenated alkanes) is 1. The SMILES string of the molecule is CCCC/C1=C/C(=O)NC/C=C(OC)\C([N+](=O)[O-])=C/C1. The molecule has 6 heteroatoms. The van der Waals surface area contributed by atoms with Crippen LogP contribution in [0, 0.1) is 10.1 Å². The third-order valence-electron chi connectivity index (χ3n) is 2.98. The van der Waals surface area contributed by atoms with Crippen molar-refractivity contribution in [2.24, 2.45) is 0 Å². The lowest BCUT2D eigenvalue weighted by Crippen LogP contribution is -2.22. The monoisotopic (exact) mass is 280 g/mol. The van der Waals surface area contributed by atoms with E-state index in [0.717, 1.165) is 24.8 Å². The number of nitrogens with zero attached hydrogens (tertiary/aromatic N) is 1. The molecule has 110 valence electrons. The van der Waals surface area contributed by atoms with Crippen molar-refractivity contribution < 1.29 is 14.5 Å². The topological polar surface area (TPSA) is 81.5 Å². The number of rotatable bonds is 5. The van der Waals surface area contributed by atoms with E-state index in [4.69, 9.17) is 4.74 Å². The van der Waals surface area contributed by atoms with Crippen LogP contribution in [0.2, 0.25) is 0 Å². The molecule has 1 aliphatic rings. The Morgan fingerprint density at radius 1 is 1.45 bits per heavy atom. The normalized spacial score (nSPS) is 24.3. The fourth-order valence-corrected chi connectivity index (χ4v) is 1.90. The van der Waals surface area contributed by atoms with Gasteiger partial charge in [-0.05, 0) is 25.3 Å². The zero-order valence-corrected chi connectivity index (χ0v) is 11.8. The van der Waals surface area contributed by atoms with E-state index in [0.29, 0.717) is 6.42 Å². The highest BCUT2D eigenvalue weighted by Gasteiger charge is 2.19. The van der Waals surface area contributed by atoms with Crippen LogP contribution in [0.15, 0.2) is 35.3 Å². The van der Waals surface area contributed by atoms with Crippen LogP contribution in [-0.2, 0) is 9.53 Å². The Morgan fingerprint density at radius 3 is 2.80 bits per heavy atom. The lowest BCUT2D eigenvalue weighted by atomic mass is 10.0. The van der Waals surface area contributed by atoms with Gasteiger partial charge >= 0.3 is 5.70 Å². The molecule has 1 rings (SSSR count). The van der Waals surface area contributed by atoms with Gasteiger partial charge in [0.25, 0.3) is 0 Å². The van der Waals surface area contributed by atoms with E-state index in [1.165, 1.54) is 25.3 Å². The molecule has 0 aromatic heterocycles. The van der Waals surface area contributed by atoms with Crippen molar-refractivity contribution in [2.75, 3.05) is 13.7 Å². The van der Waals surface area contributed by atoms with Gasteiger partial charge in [-0.25, -0.2) is 0 Å². The van der Waals surface area contributed by atoms with Crippen molar-refractivity contribution in [3.05, 3.63) is 45.4 Å². The number of methoxy groups -OCH3 is 1. The number of hydrogen-bond donors (Lipinski definition) is 1. The molecule has 0 bridgehead atoms. The molecule has 20 heavy (non-hydrogen) atoms. The zero-order chi connectivity index (χ0) is 15.0. The number of allylic oxidation sites excluding steroid dienone is 2. The molecule has 0 spiro atoms. The predicted octanol–water partition coefficient (Wildman–Crippen LogP) is 2.31. The van der Waals surface area contributed by atoms with Crippen molar-refractivity contribution in [2.45, 2.75) is 32.6 Å². The number of amides is 1. The maximum atomic E-state index is 11.7. The number of hydrogen-bond acceptors (Lipinski definition) is 4. The lowest BCUT2D eigenvalue weighted by Gasteiger charge is -2.09. The molecule has 0 aromatic rings. The Bertz CT molecular complexity index is 464. The molecule has 0 unspecified atom stereocenters. The summed E-state index contributed by atoms with van der Waals surface area (Å²) in [5.74, 6) is -0.00667.